The minimum absolute atomic E-state index is 0.296. The number of halogens is 3. The third kappa shape index (κ3) is 3.71. The monoisotopic (exact) mass is 356 g/mol. The van der Waals surface area contributed by atoms with Gasteiger partial charge in [0, 0.05) is 16.4 Å². The highest BCUT2D eigenvalue weighted by atomic mass is 79.9. The van der Waals surface area contributed by atoms with E-state index >= 15 is 0 Å². The summed E-state index contributed by atoms with van der Waals surface area (Å²) in [4.78, 5) is 11.9. The second kappa shape index (κ2) is 6.24. The molecule has 0 aliphatic carbocycles. The van der Waals surface area contributed by atoms with Gasteiger partial charge in [-0.25, -0.2) is 9.18 Å². The van der Waals surface area contributed by atoms with Crippen LogP contribution in [0.1, 0.15) is 5.56 Å². The number of carbonyl (C=O) groups is 1. The highest BCUT2D eigenvalue weighted by molar-refractivity contribution is 9.10. The first-order valence-electron chi connectivity index (χ1n) is 5.75. The van der Waals surface area contributed by atoms with Crippen molar-refractivity contribution < 1.29 is 9.18 Å². The number of rotatable bonds is 2. The number of benzene rings is 2. The van der Waals surface area contributed by atoms with Gasteiger partial charge in [-0.2, -0.15) is 0 Å². The molecule has 0 saturated carbocycles. The SMILES string of the molecule is Cc1cc(F)c(Br)cc1NC(=O)Nc1ccc(Cl)cc1. The van der Waals surface area contributed by atoms with Crippen molar-refractivity contribution in [3.8, 4) is 0 Å². The Morgan fingerprint density at radius 3 is 2.50 bits per heavy atom. The lowest BCUT2D eigenvalue weighted by Gasteiger charge is -2.11. The molecular weight excluding hydrogens is 347 g/mol. The number of carbonyl (C=O) groups excluding carboxylic acids is 1. The van der Waals surface area contributed by atoms with Gasteiger partial charge >= 0.3 is 6.03 Å². The van der Waals surface area contributed by atoms with Crippen LogP contribution in [0.15, 0.2) is 40.9 Å². The normalized spacial score (nSPS) is 10.2. The molecule has 2 amide bonds. The summed E-state index contributed by atoms with van der Waals surface area (Å²) in [6.45, 7) is 1.72. The summed E-state index contributed by atoms with van der Waals surface area (Å²) in [5.41, 5.74) is 1.78. The van der Waals surface area contributed by atoms with E-state index in [-0.39, 0.29) is 5.82 Å². The van der Waals surface area contributed by atoms with Gasteiger partial charge in [0.15, 0.2) is 0 Å². The number of amides is 2. The summed E-state index contributed by atoms with van der Waals surface area (Å²) in [5.74, 6) is -0.369. The van der Waals surface area contributed by atoms with Crippen LogP contribution < -0.4 is 10.6 Å². The van der Waals surface area contributed by atoms with Crippen LogP contribution in [0.2, 0.25) is 5.02 Å². The molecule has 2 aromatic carbocycles. The Kier molecular flexibility index (Phi) is 4.62. The summed E-state index contributed by atoms with van der Waals surface area (Å²) >= 11 is 8.85. The zero-order valence-corrected chi connectivity index (χ0v) is 12.8. The quantitative estimate of drug-likeness (QED) is 0.762. The number of anilines is 2. The van der Waals surface area contributed by atoms with E-state index in [1.807, 2.05) is 0 Å². The van der Waals surface area contributed by atoms with Crippen molar-refractivity contribution >= 4 is 44.9 Å². The average Bonchev–Trinajstić information content (AvgIpc) is 2.39. The molecule has 6 heteroatoms. The van der Waals surface area contributed by atoms with Gasteiger partial charge in [0.2, 0.25) is 0 Å². The maximum absolute atomic E-state index is 13.3. The van der Waals surface area contributed by atoms with Crippen LogP contribution in [0, 0.1) is 12.7 Å². The maximum Gasteiger partial charge on any atom is 0.323 e. The number of nitrogens with one attached hydrogen (secondary N) is 2. The molecule has 0 aliphatic rings. The molecule has 2 N–H and O–H groups in total. The Hall–Kier alpha value is -1.59. The fourth-order valence-corrected chi connectivity index (χ4v) is 2.07. The smallest absolute Gasteiger partial charge is 0.308 e. The number of urea groups is 1. The predicted molar refractivity (Wildman–Crippen MR) is 82.9 cm³/mol. The molecule has 3 nitrogen and oxygen atoms in total. The fourth-order valence-electron chi connectivity index (χ4n) is 1.60. The molecular formula is C14H11BrClFN2O. The highest BCUT2D eigenvalue weighted by Gasteiger charge is 2.08. The van der Waals surface area contributed by atoms with Gasteiger partial charge in [-0.1, -0.05) is 11.6 Å². The summed E-state index contributed by atoms with van der Waals surface area (Å²) in [7, 11) is 0. The molecule has 20 heavy (non-hydrogen) atoms. The summed E-state index contributed by atoms with van der Waals surface area (Å²) in [5, 5.41) is 5.91. The minimum atomic E-state index is -0.408. The topological polar surface area (TPSA) is 41.1 Å². The van der Waals surface area contributed by atoms with Gasteiger partial charge in [-0.3, -0.25) is 0 Å². The van der Waals surface area contributed by atoms with Gasteiger partial charge in [0.25, 0.3) is 0 Å². The minimum Gasteiger partial charge on any atom is -0.308 e. The van der Waals surface area contributed by atoms with Crippen molar-refractivity contribution in [2.75, 3.05) is 10.6 Å². The lowest BCUT2D eigenvalue weighted by Crippen LogP contribution is -2.20. The zero-order chi connectivity index (χ0) is 14.7. The zero-order valence-electron chi connectivity index (χ0n) is 10.5. The van der Waals surface area contributed by atoms with Crippen molar-refractivity contribution in [1.82, 2.24) is 0 Å². The standard InChI is InChI=1S/C14H11BrClFN2O/c1-8-6-12(17)11(15)7-13(8)19-14(20)18-10-4-2-9(16)3-5-10/h2-7H,1H3,(H2,18,19,20). The van der Waals surface area contributed by atoms with Crippen LogP contribution in [0.5, 0.6) is 0 Å². The first-order chi connectivity index (χ1) is 9.45. The van der Waals surface area contributed by atoms with Crippen LogP contribution in [-0.2, 0) is 0 Å². The Balaban J connectivity index is 2.08. The van der Waals surface area contributed by atoms with E-state index in [4.69, 9.17) is 11.6 Å². The molecule has 0 bridgehead atoms. The van der Waals surface area contributed by atoms with Crippen LogP contribution in [-0.4, -0.2) is 6.03 Å². The fraction of sp³-hybridized carbons (Fsp3) is 0.0714. The molecule has 0 spiro atoms. The molecule has 0 atom stereocenters. The van der Waals surface area contributed by atoms with Crippen LogP contribution in [0.3, 0.4) is 0 Å². The maximum atomic E-state index is 13.3. The predicted octanol–water partition coefficient (Wildman–Crippen LogP) is 5.19. The molecule has 0 aliphatic heterocycles. The molecule has 0 aromatic heterocycles. The lowest BCUT2D eigenvalue weighted by atomic mass is 10.2. The molecule has 0 unspecified atom stereocenters. The number of hydrogen-bond donors (Lipinski definition) is 2. The number of hydrogen-bond acceptors (Lipinski definition) is 1. The van der Waals surface area contributed by atoms with Gasteiger partial charge in [-0.05, 0) is 64.8 Å². The highest BCUT2D eigenvalue weighted by Crippen LogP contribution is 2.24. The summed E-state index contributed by atoms with van der Waals surface area (Å²) < 4.78 is 13.6. The molecule has 0 heterocycles. The summed E-state index contributed by atoms with van der Waals surface area (Å²) in [6, 6.07) is 9.20. The van der Waals surface area contributed by atoms with E-state index in [9.17, 15) is 9.18 Å². The molecule has 2 aromatic rings. The third-order valence-corrected chi connectivity index (χ3v) is 3.48. The molecule has 2 rings (SSSR count). The van der Waals surface area contributed by atoms with E-state index in [1.165, 1.54) is 12.1 Å². The Morgan fingerprint density at radius 2 is 1.85 bits per heavy atom. The first-order valence-corrected chi connectivity index (χ1v) is 6.92. The van der Waals surface area contributed by atoms with Gasteiger partial charge in [0.05, 0.1) is 4.47 Å². The van der Waals surface area contributed by atoms with Crippen molar-refractivity contribution in [1.29, 1.82) is 0 Å². The molecule has 0 saturated heterocycles. The van der Waals surface area contributed by atoms with E-state index in [1.54, 1.807) is 31.2 Å². The summed E-state index contributed by atoms with van der Waals surface area (Å²) in [6.07, 6.45) is 0. The van der Waals surface area contributed by atoms with Crippen molar-refractivity contribution in [3.05, 3.63) is 57.3 Å². The Morgan fingerprint density at radius 1 is 1.20 bits per heavy atom. The van der Waals surface area contributed by atoms with Crippen LogP contribution >= 0.6 is 27.5 Å². The molecule has 0 fully saturated rings. The van der Waals surface area contributed by atoms with E-state index in [0.717, 1.165) is 0 Å². The molecule has 104 valence electrons. The van der Waals surface area contributed by atoms with E-state index < -0.39 is 6.03 Å². The largest absolute Gasteiger partial charge is 0.323 e. The van der Waals surface area contributed by atoms with E-state index in [0.29, 0.717) is 26.4 Å². The van der Waals surface area contributed by atoms with E-state index in [2.05, 4.69) is 26.6 Å². The lowest BCUT2D eigenvalue weighted by molar-refractivity contribution is 0.262. The number of aryl methyl sites for hydroxylation is 1. The van der Waals surface area contributed by atoms with Crippen molar-refractivity contribution in [3.63, 3.8) is 0 Å². The van der Waals surface area contributed by atoms with Crippen LogP contribution in [0.4, 0.5) is 20.6 Å². The van der Waals surface area contributed by atoms with Gasteiger partial charge in [-0.15, -0.1) is 0 Å². The van der Waals surface area contributed by atoms with Crippen LogP contribution in [0.25, 0.3) is 0 Å². The van der Waals surface area contributed by atoms with Crippen molar-refractivity contribution in [2.45, 2.75) is 6.92 Å². The Labute approximate surface area is 129 Å². The molecule has 0 radical (unpaired) electrons. The van der Waals surface area contributed by atoms with Gasteiger partial charge < -0.3 is 10.6 Å². The third-order valence-electron chi connectivity index (χ3n) is 2.62. The average molecular weight is 358 g/mol. The second-order valence-electron chi connectivity index (χ2n) is 4.17. The first kappa shape index (κ1) is 14.8. The van der Waals surface area contributed by atoms with Crippen molar-refractivity contribution in [2.24, 2.45) is 0 Å². The van der Waals surface area contributed by atoms with Gasteiger partial charge in [0.1, 0.15) is 5.82 Å². The second-order valence-corrected chi connectivity index (χ2v) is 5.46. The Bertz CT molecular complexity index is 646.